The van der Waals surface area contributed by atoms with Crippen molar-refractivity contribution in [2.45, 2.75) is 0 Å². The van der Waals surface area contributed by atoms with E-state index in [0.29, 0.717) is 5.56 Å². The van der Waals surface area contributed by atoms with Crippen LogP contribution in [-0.4, -0.2) is 12.3 Å². The van der Waals surface area contributed by atoms with Gasteiger partial charge in [0, 0.05) is 5.56 Å². The lowest BCUT2D eigenvalue weighted by Gasteiger charge is -1.95. The first-order valence-corrected chi connectivity index (χ1v) is 3.23. The van der Waals surface area contributed by atoms with Crippen LogP contribution in [0.4, 0.5) is 4.39 Å². The summed E-state index contributed by atoms with van der Waals surface area (Å²) < 4.78 is 12.3. The molecule has 1 rings (SSSR count). The lowest BCUT2D eigenvalue weighted by atomic mass is 10.1. The highest BCUT2D eigenvalue weighted by Crippen LogP contribution is 2.02. The summed E-state index contributed by atoms with van der Waals surface area (Å²) in [6, 6.07) is 5.32. The molecule has 3 heteroatoms. The average Bonchev–Trinajstić information content (AvgIpc) is 2.05. The Morgan fingerprint density at radius 1 is 1.36 bits per heavy atom. The predicted octanol–water partition coefficient (Wildman–Crippen LogP) is 0.967. The highest BCUT2D eigenvalue weighted by molar-refractivity contribution is 5.97. The van der Waals surface area contributed by atoms with Crippen molar-refractivity contribution in [3.8, 4) is 0 Å². The molecule has 0 amide bonds. The van der Waals surface area contributed by atoms with E-state index in [4.69, 9.17) is 5.73 Å². The van der Waals surface area contributed by atoms with Crippen LogP contribution >= 0.6 is 0 Å². The van der Waals surface area contributed by atoms with Gasteiger partial charge in [-0.1, -0.05) is 0 Å². The number of ketones is 1. The first-order valence-electron chi connectivity index (χ1n) is 3.23. The van der Waals surface area contributed by atoms with Gasteiger partial charge in [0.05, 0.1) is 6.54 Å². The number of carbonyl (C=O) groups excluding carboxylic acids is 1. The molecular formula is C8H8FNO. The molecule has 0 radical (unpaired) electrons. The molecular weight excluding hydrogens is 145 g/mol. The lowest BCUT2D eigenvalue weighted by Crippen LogP contribution is -2.13. The topological polar surface area (TPSA) is 43.1 Å². The van der Waals surface area contributed by atoms with Crippen LogP contribution in [0.2, 0.25) is 0 Å². The Labute approximate surface area is 63.8 Å². The fourth-order valence-corrected chi connectivity index (χ4v) is 0.754. The van der Waals surface area contributed by atoms with Crippen molar-refractivity contribution in [1.82, 2.24) is 0 Å². The number of Topliss-reactive ketones (excluding diaryl/α,β-unsaturated/α-hetero) is 1. The molecule has 1 aromatic carbocycles. The maximum Gasteiger partial charge on any atom is 0.176 e. The zero-order valence-corrected chi connectivity index (χ0v) is 5.88. The molecule has 58 valence electrons. The maximum atomic E-state index is 12.3. The number of hydrogen-bond acceptors (Lipinski definition) is 2. The number of rotatable bonds is 2. The summed E-state index contributed by atoms with van der Waals surface area (Å²) in [6.45, 7) is -0.0361. The van der Waals surface area contributed by atoms with Gasteiger partial charge in [-0.05, 0) is 24.3 Å². The third-order valence-corrected chi connectivity index (χ3v) is 1.35. The van der Waals surface area contributed by atoms with Crippen molar-refractivity contribution in [2.75, 3.05) is 6.54 Å². The first-order chi connectivity index (χ1) is 5.24. The summed E-state index contributed by atoms with van der Waals surface area (Å²) in [5.41, 5.74) is 5.55. The predicted molar refractivity (Wildman–Crippen MR) is 39.8 cm³/mol. The Morgan fingerprint density at radius 3 is 2.36 bits per heavy atom. The van der Waals surface area contributed by atoms with Crippen LogP contribution in [-0.2, 0) is 0 Å². The van der Waals surface area contributed by atoms with Gasteiger partial charge in [0.1, 0.15) is 5.82 Å². The molecule has 0 atom stereocenters. The van der Waals surface area contributed by atoms with Gasteiger partial charge in [0.15, 0.2) is 5.78 Å². The van der Waals surface area contributed by atoms with Crippen molar-refractivity contribution >= 4 is 5.78 Å². The van der Waals surface area contributed by atoms with Gasteiger partial charge in [-0.25, -0.2) is 4.39 Å². The summed E-state index contributed by atoms with van der Waals surface area (Å²) in [5, 5.41) is 0. The van der Waals surface area contributed by atoms with Crippen LogP contribution in [0.15, 0.2) is 24.3 Å². The van der Waals surface area contributed by atoms with E-state index in [-0.39, 0.29) is 18.1 Å². The smallest absolute Gasteiger partial charge is 0.176 e. The Hall–Kier alpha value is -1.22. The molecule has 2 nitrogen and oxygen atoms in total. The van der Waals surface area contributed by atoms with E-state index in [9.17, 15) is 9.18 Å². The highest BCUT2D eigenvalue weighted by atomic mass is 19.1. The number of nitrogens with two attached hydrogens (primary N) is 1. The van der Waals surface area contributed by atoms with E-state index >= 15 is 0 Å². The molecule has 0 unspecified atom stereocenters. The van der Waals surface area contributed by atoms with Crippen molar-refractivity contribution < 1.29 is 9.18 Å². The van der Waals surface area contributed by atoms with Crippen LogP contribution in [0.1, 0.15) is 10.4 Å². The van der Waals surface area contributed by atoms with E-state index in [0.717, 1.165) is 0 Å². The number of halogens is 1. The fourth-order valence-electron chi connectivity index (χ4n) is 0.754. The van der Waals surface area contributed by atoms with Crippen molar-refractivity contribution in [1.29, 1.82) is 0 Å². The Kier molecular flexibility index (Phi) is 2.33. The van der Waals surface area contributed by atoms with Crippen LogP contribution in [0, 0.1) is 5.82 Å². The van der Waals surface area contributed by atoms with Gasteiger partial charge in [-0.3, -0.25) is 4.79 Å². The standard InChI is InChI=1S/C8H8FNO/c9-7-3-1-6(2-4-7)8(11)5-10/h1-4H,5,10H2. The molecule has 0 bridgehead atoms. The van der Waals surface area contributed by atoms with Crippen LogP contribution in [0.25, 0.3) is 0 Å². The summed E-state index contributed by atoms with van der Waals surface area (Å²) in [7, 11) is 0. The van der Waals surface area contributed by atoms with Gasteiger partial charge in [-0.15, -0.1) is 0 Å². The zero-order chi connectivity index (χ0) is 8.27. The molecule has 0 heterocycles. The molecule has 0 fully saturated rings. The number of benzene rings is 1. The molecule has 0 aliphatic rings. The highest BCUT2D eigenvalue weighted by Gasteiger charge is 2.01. The first kappa shape index (κ1) is 7.88. The number of hydrogen-bond donors (Lipinski definition) is 1. The van der Waals surface area contributed by atoms with Crippen molar-refractivity contribution in [3.05, 3.63) is 35.6 Å². The summed E-state index contributed by atoms with van der Waals surface area (Å²) in [4.78, 5) is 10.9. The van der Waals surface area contributed by atoms with Crippen LogP contribution in [0.3, 0.4) is 0 Å². The van der Waals surface area contributed by atoms with E-state index < -0.39 is 0 Å². The van der Waals surface area contributed by atoms with Gasteiger partial charge in [0.2, 0.25) is 0 Å². The van der Waals surface area contributed by atoms with Crippen molar-refractivity contribution in [3.63, 3.8) is 0 Å². The minimum absolute atomic E-state index is 0.0361. The summed E-state index contributed by atoms with van der Waals surface area (Å²) in [5.74, 6) is -0.524. The molecule has 11 heavy (non-hydrogen) atoms. The fraction of sp³-hybridized carbons (Fsp3) is 0.125. The molecule has 0 aliphatic carbocycles. The van der Waals surface area contributed by atoms with E-state index in [1.54, 1.807) is 0 Å². The lowest BCUT2D eigenvalue weighted by molar-refractivity contribution is 0.100. The van der Waals surface area contributed by atoms with Crippen LogP contribution < -0.4 is 5.73 Å². The van der Waals surface area contributed by atoms with Crippen molar-refractivity contribution in [2.24, 2.45) is 5.73 Å². The normalized spacial score (nSPS) is 9.64. The molecule has 0 aliphatic heterocycles. The third-order valence-electron chi connectivity index (χ3n) is 1.35. The minimum Gasteiger partial charge on any atom is -0.324 e. The molecule has 1 aromatic rings. The largest absolute Gasteiger partial charge is 0.324 e. The zero-order valence-electron chi connectivity index (χ0n) is 5.88. The minimum atomic E-state index is -0.349. The summed E-state index contributed by atoms with van der Waals surface area (Å²) >= 11 is 0. The van der Waals surface area contributed by atoms with E-state index in [1.807, 2.05) is 0 Å². The molecule has 0 saturated carbocycles. The Balaban J connectivity index is 2.90. The van der Waals surface area contributed by atoms with Gasteiger partial charge < -0.3 is 5.73 Å². The second-order valence-corrected chi connectivity index (χ2v) is 2.13. The second-order valence-electron chi connectivity index (χ2n) is 2.13. The van der Waals surface area contributed by atoms with Crippen LogP contribution in [0.5, 0.6) is 0 Å². The number of carbonyl (C=O) groups is 1. The van der Waals surface area contributed by atoms with Gasteiger partial charge in [-0.2, -0.15) is 0 Å². The monoisotopic (exact) mass is 153 g/mol. The molecule has 0 aromatic heterocycles. The molecule has 0 spiro atoms. The molecule has 2 N–H and O–H groups in total. The van der Waals surface area contributed by atoms with E-state index in [2.05, 4.69) is 0 Å². The second kappa shape index (κ2) is 3.25. The third kappa shape index (κ3) is 1.85. The quantitative estimate of drug-likeness (QED) is 0.643. The Bertz CT molecular complexity index is 255. The van der Waals surface area contributed by atoms with E-state index in [1.165, 1.54) is 24.3 Å². The van der Waals surface area contributed by atoms with Gasteiger partial charge in [0.25, 0.3) is 0 Å². The maximum absolute atomic E-state index is 12.3. The SMILES string of the molecule is NCC(=O)c1ccc(F)cc1. The van der Waals surface area contributed by atoms with Gasteiger partial charge >= 0.3 is 0 Å². The molecule has 0 saturated heterocycles. The average molecular weight is 153 g/mol. The summed E-state index contributed by atoms with van der Waals surface area (Å²) in [6.07, 6.45) is 0. The Morgan fingerprint density at radius 2 is 1.91 bits per heavy atom.